The lowest BCUT2D eigenvalue weighted by Crippen LogP contribution is -2.29. The van der Waals surface area contributed by atoms with Gasteiger partial charge in [0, 0.05) is 12.8 Å². The van der Waals surface area contributed by atoms with Crippen LogP contribution in [0, 0.1) is 11.7 Å². The molecule has 1 fully saturated rings. The van der Waals surface area contributed by atoms with Gasteiger partial charge in [-0.1, -0.05) is 17.7 Å². The summed E-state index contributed by atoms with van der Waals surface area (Å²) in [4.78, 5) is 12.4. The molecule has 2 aromatic rings. The molecular formula is C18H19ClF4N4O. The van der Waals surface area contributed by atoms with E-state index in [9.17, 15) is 17.6 Å². The van der Waals surface area contributed by atoms with Crippen molar-refractivity contribution >= 4 is 11.6 Å². The molecule has 1 saturated heterocycles. The number of piperidine rings is 1. The van der Waals surface area contributed by atoms with Crippen LogP contribution in [0.5, 0.6) is 6.01 Å². The highest BCUT2D eigenvalue weighted by molar-refractivity contribution is 6.30. The molecule has 0 radical (unpaired) electrons. The lowest BCUT2D eigenvalue weighted by atomic mass is 9.94. The number of aromatic nitrogens is 3. The van der Waals surface area contributed by atoms with E-state index in [2.05, 4.69) is 20.3 Å². The lowest BCUT2D eigenvalue weighted by molar-refractivity contribution is -0.154. The molecule has 28 heavy (non-hydrogen) atoms. The van der Waals surface area contributed by atoms with E-state index in [1.807, 2.05) is 0 Å². The zero-order valence-electron chi connectivity index (χ0n) is 14.9. The topological polar surface area (TPSA) is 59.9 Å². The Kier molecular flexibility index (Phi) is 6.66. The number of hydrogen-bond acceptors (Lipinski definition) is 5. The number of nitrogens with zero attached hydrogens (tertiary/aromatic N) is 3. The zero-order chi connectivity index (χ0) is 20.1. The van der Waals surface area contributed by atoms with Gasteiger partial charge in [0.2, 0.25) is 0 Å². The standard InChI is InChI=1S/C18H19ClF4N4O/c19-13-7-12(1-2-14(13)20)9-16-25-15(8-11-3-5-24-6-4-11)26-17(27-16)28-10-18(21,22)23/h1-2,7,11,24H,3-6,8-10H2. The van der Waals surface area contributed by atoms with Crippen molar-refractivity contribution in [3.05, 3.63) is 46.3 Å². The molecule has 1 aliphatic heterocycles. The van der Waals surface area contributed by atoms with Crippen molar-refractivity contribution in [1.29, 1.82) is 0 Å². The molecule has 10 heteroatoms. The lowest BCUT2D eigenvalue weighted by Gasteiger charge is -2.22. The molecule has 0 unspecified atom stereocenters. The van der Waals surface area contributed by atoms with Crippen molar-refractivity contribution < 1.29 is 22.3 Å². The van der Waals surface area contributed by atoms with E-state index in [4.69, 9.17) is 16.3 Å². The SMILES string of the molecule is Fc1ccc(Cc2nc(CC3CCNCC3)nc(OCC(F)(F)F)n2)cc1Cl. The van der Waals surface area contributed by atoms with Crippen LogP contribution in [0.1, 0.15) is 30.1 Å². The normalized spacial score (nSPS) is 15.6. The van der Waals surface area contributed by atoms with Crippen LogP contribution in [0.3, 0.4) is 0 Å². The van der Waals surface area contributed by atoms with Gasteiger partial charge < -0.3 is 10.1 Å². The number of benzene rings is 1. The van der Waals surface area contributed by atoms with Gasteiger partial charge >= 0.3 is 12.2 Å². The Morgan fingerprint density at radius 1 is 1.11 bits per heavy atom. The fourth-order valence-electron chi connectivity index (χ4n) is 3.00. The third kappa shape index (κ3) is 6.27. The summed E-state index contributed by atoms with van der Waals surface area (Å²) < 4.78 is 55.5. The Morgan fingerprint density at radius 2 is 1.82 bits per heavy atom. The van der Waals surface area contributed by atoms with Gasteiger partial charge in [0.15, 0.2) is 6.61 Å². The fourth-order valence-corrected chi connectivity index (χ4v) is 3.21. The summed E-state index contributed by atoms with van der Waals surface area (Å²) >= 11 is 5.79. The molecule has 0 aliphatic carbocycles. The molecule has 1 N–H and O–H groups in total. The first-order valence-corrected chi connectivity index (χ1v) is 9.24. The minimum Gasteiger partial charge on any atom is -0.454 e. The number of halogens is 5. The second kappa shape index (κ2) is 9.00. The van der Waals surface area contributed by atoms with Crippen LogP contribution in [0.4, 0.5) is 17.6 Å². The van der Waals surface area contributed by atoms with Gasteiger partial charge in [-0.3, -0.25) is 0 Å². The van der Waals surface area contributed by atoms with E-state index in [1.54, 1.807) is 0 Å². The fraction of sp³-hybridized carbons (Fsp3) is 0.500. The quantitative estimate of drug-likeness (QED) is 0.724. The maximum Gasteiger partial charge on any atom is 0.422 e. The number of nitrogens with one attached hydrogen (secondary N) is 1. The van der Waals surface area contributed by atoms with Crippen molar-refractivity contribution in [3.63, 3.8) is 0 Å². The Balaban J connectivity index is 1.81. The highest BCUT2D eigenvalue weighted by atomic mass is 35.5. The highest BCUT2D eigenvalue weighted by Crippen LogP contribution is 2.21. The molecule has 0 bridgehead atoms. The second-order valence-corrected chi connectivity index (χ2v) is 7.08. The van der Waals surface area contributed by atoms with Crippen LogP contribution in [0.2, 0.25) is 5.02 Å². The smallest absolute Gasteiger partial charge is 0.422 e. The number of alkyl halides is 3. The molecule has 0 saturated carbocycles. The average Bonchev–Trinajstić information content (AvgIpc) is 2.63. The van der Waals surface area contributed by atoms with Gasteiger partial charge in [0.25, 0.3) is 0 Å². The van der Waals surface area contributed by atoms with Crippen molar-refractivity contribution in [1.82, 2.24) is 20.3 Å². The first-order chi connectivity index (χ1) is 13.3. The van der Waals surface area contributed by atoms with E-state index in [-0.39, 0.29) is 23.3 Å². The summed E-state index contributed by atoms with van der Waals surface area (Å²) in [5.41, 5.74) is 0.632. The maximum atomic E-state index is 13.3. The highest BCUT2D eigenvalue weighted by Gasteiger charge is 2.29. The summed E-state index contributed by atoms with van der Waals surface area (Å²) in [5, 5.41) is 3.21. The van der Waals surface area contributed by atoms with Gasteiger partial charge in [0.05, 0.1) is 5.02 Å². The van der Waals surface area contributed by atoms with E-state index >= 15 is 0 Å². The summed E-state index contributed by atoms with van der Waals surface area (Å²) in [6.07, 6.45) is -1.92. The molecule has 1 aliphatic rings. The van der Waals surface area contributed by atoms with Crippen molar-refractivity contribution in [2.75, 3.05) is 19.7 Å². The van der Waals surface area contributed by atoms with Gasteiger partial charge in [-0.15, -0.1) is 0 Å². The average molecular weight is 419 g/mol. The van der Waals surface area contributed by atoms with E-state index < -0.39 is 18.6 Å². The Hall–Kier alpha value is -2.00. The summed E-state index contributed by atoms with van der Waals surface area (Å²) in [5.74, 6) is 0.426. The van der Waals surface area contributed by atoms with Crippen molar-refractivity contribution in [2.24, 2.45) is 5.92 Å². The number of ether oxygens (including phenoxy) is 1. The van der Waals surface area contributed by atoms with Gasteiger partial charge in [-0.25, -0.2) is 9.37 Å². The van der Waals surface area contributed by atoms with E-state index in [1.165, 1.54) is 18.2 Å². The summed E-state index contributed by atoms with van der Waals surface area (Å²) in [7, 11) is 0. The third-order valence-electron chi connectivity index (χ3n) is 4.35. The Bertz CT molecular complexity index is 813. The first kappa shape index (κ1) is 20.7. The predicted octanol–water partition coefficient (Wildman–Crippen LogP) is 3.74. The minimum absolute atomic E-state index is 0.0463. The van der Waals surface area contributed by atoms with Gasteiger partial charge in [-0.2, -0.15) is 23.1 Å². The molecule has 0 atom stereocenters. The molecule has 152 valence electrons. The van der Waals surface area contributed by atoms with Crippen molar-refractivity contribution in [3.8, 4) is 6.01 Å². The zero-order valence-corrected chi connectivity index (χ0v) is 15.7. The molecule has 2 heterocycles. The predicted molar refractivity (Wildman–Crippen MR) is 94.9 cm³/mol. The first-order valence-electron chi connectivity index (χ1n) is 8.86. The third-order valence-corrected chi connectivity index (χ3v) is 4.64. The Morgan fingerprint density at radius 3 is 2.50 bits per heavy atom. The van der Waals surface area contributed by atoms with Crippen LogP contribution in [0.15, 0.2) is 18.2 Å². The number of hydrogen-bond donors (Lipinski definition) is 1. The van der Waals surface area contributed by atoms with Gasteiger partial charge in [0.1, 0.15) is 17.5 Å². The van der Waals surface area contributed by atoms with Gasteiger partial charge in [-0.05, 0) is 49.5 Å². The largest absolute Gasteiger partial charge is 0.454 e. The monoisotopic (exact) mass is 418 g/mol. The molecule has 3 rings (SSSR count). The molecule has 0 amide bonds. The molecular weight excluding hydrogens is 400 g/mol. The van der Waals surface area contributed by atoms with Crippen molar-refractivity contribution in [2.45, 2.75) is 31.9 Å². The maximum absolute atomic E-state index is 13.3. The van der Waals surface area contributed by atoms with Crippen LogP contribution < -0.4 is 10.1 Å². The Labute approximate surface area is 164 Å². The van der Waals surface area contributed by atoms with Crippen LogP contribution in [0.25, 0.3) is 0 Å². The summed E-state index contributed by atoms with van der Waals surface area (Å²) in [6.45, 7) is 0.286. The summed E-state index contributed by atoms with van der Waals surface area (Å²) in [6, 6.07) is 3.81. The van der Waals surface area contributed by atoms with Crippen LogP contribution >= 0.6 is 11.6 Å². The van der Waals surface area contributed by atoms with Crippen LogP contribution in [-0.4, -0.2) is 40.8 Å². The number of rotatable bonds is 6. The molecule has 0 spiro atoms. The molecule has 5 nitrogen and oxygen atoms in total. The van der Waals surface area contributed by atoms with Crippen LogP contribution in [-0.2, 0) is 12.8 Å². The second-order valence-electron chi connectivity index (χ2n) is 6.68. The molecule has 1 aromatic carbocycles. The molecule has 1 aromatic heterocycles. The minimum atomic E-state index is -4.49. The van der Waals surface area contributed by atoms with E-state index in [0.717, 1.165) is 25.9 Å². The van der Waals surface area contributed by atoms with E-state index in [0.29, 0.717) is 23.7 Å².